The lowest BCUT2D eigenvalue weighted by Gasteiger charge is -2.11. The Morgan fingerprint density at radius 1 is 1.52 bits per heavy atom. The topological polar surface area (TPSA) is 123 Å². The van der Waals surface area contributed by atoms with Crippen LogP contribution in [0.2, 0.25) is 0 Å². The predicted molar refractivity (Wildman–Crippen MR) is 88.1 cm³/mol. The SMILES string of the molecule is Nc1ncc(Br)cc1S(=O)(=O)NCCC(=O)NCC1CCCO1. The highest BCUT2D eigenvalue weighted by Gasteiger charge is 2.19. The van der Waals surface area contributed by atoms with Crippen LogP contribution < -0.4 is 15.8 Å². The molecule has 4 N–H and O–H groups in total. The Balaban J connectivity index is 1.80. The van der Waals surface area contributed by atoms with E-state index < -0.39 is 10.0 Å². The highest BCUT2D eigenvalue weighted by Crippen LogP contribution is 2.20. The van der Waals surface area contributed by atoms with Gasteiger partial charge < -0.3 is 15.8 Å². The summed E-state index contributed by atoms with van der Waals surface area (Å²) in [5, 5.41) is 2.73. The van der Waals surface area contributed by atoms with Gasteiger partial charge in [-0.3, -0.25) is 4.79 Å². The first-order valence-corrected chi connectivity index (χ1v) is 9.45. The van der Waals surface area contributed by atoms with Crippen molar-refractivity contribution in [2.45, 2.75) is 30.3 Å². The fourth-order valence-corrected chi connectivity index (χ4v) is 3.76. The molecule has 8 nitrogen and oxygen atoms in total. The Labute approximate surface area is 143 Å². The van der Waals surface area contributed by atoms with E-state index in [1.165, 1.54) is 12.3 Å². The van der Waals surface area contributed by atoms with Gasteiger partial charge in [-0.05, 0) is 34.8 Å². The lowest BCUT2D eigenvalue weighted by molar-refractivity contribution is -0.121. The zero-order valence-corrected chi connectivity index (χ0v) is 14.8. The third-order valence-corrected chi connectivity index (χ3v) is 5.26. The molecule has 0 bridgehead atoms. The van der Waals surface area contributed by atoms with Crippen LogP contribution in [0.15, 0.2) is 21.6 Å². The number of nitrogens with one attached hydrogen (secondary N) is 2. The van der Waals surface area contributed by atoms with Crippen molar-refractivity contribution in [3.8, 4) is 0 Å². The summed E-state index contributed by atoms with van der Waals surface area (Å²) in [6, 6.07) is 1.36. The molecular weight excluding hydrogens is 388 g/mol. The minimum absolute atomic E-state index is 0.0222. The number of hydrogen-bond acceptors (Lipinski definition) is 6. The summed E-state index contributed by atoms with van der Waals surface area (Å²) in [4.78, 5) is 15.4. The lowest BCUT2D eigenvalue weighted by Crippen LogP contribution is -2.34. The first kappa shape index (κ1) is 18.1. The second-order valence-electron chi connectivity index (χ2n) is 5.12. The van der Waals surface area contributed by atoms with Gasteiger partial charge in [0, 0.05) is 36.8 Å². The summed E-state index contributed by atoms with van der Waals surface area (Å²) in [5.74, 6) is -0.327. The van der Waals surface area contributed by atoms with Crippen LogP contribution in [0, 0.1) is 0 Å². The molecule has 1 unspecified atom stereocenters. The Morgan fingerprint density at radius 2 is 2.30 bits per heavy atom. The van der Waals surface area contributed by atoms with Crippen LogP contribution in [0.1, 0.15) is 19.3 Å². The van der Waals surface area contributed by atoms with Crippen molar-refractivity contribution in [2.24, 2.45) is 0 Å². The van der Waals surface area contributed by atoms with Crippen molar-refractivity contribution in [3.63, 3.8) is 0 Å². The van der Waals surface area contributed by atoms with Gasteiger partial charge in [0.05, 0.1) is 6.10 Å². The van der Waals surface area contributed by atoms with Gasteiger partial charge in [0.1, 0.15) is 10.7 Å². The smallest absolute Gasteiger partial charge is 0.244 e. The number of nitrogens with zero attached hydrogens (tertiary/aromatic N) is 1. The van der Waals surface area contributed by atoms with E-state index in [9.17, 15) is 13.2 Å². The van der Waals surface area contributed by atoms with E-state index in [1.807, 2.05) is 0 Å². The van der Waals surface area contributed by atoms with Crippen molar-refractivity contribution in [2.75, 3.05) is 25.4 Å². The van der Waals surface area contributed by atoms with Crippen molar-refractivity contribution in [3.05, 3.63) is 16.7 Å². The fraction of sp³-hybridized carbons (Fsp3) is 0.538. The summed E-state index contributed by atoms with van der Waals surface area (Å²) >= 11 is 3.15. The average molecular weight is 407 g/mol. The molecule has 2 heterocycles. The number of carbonyl (C=O) groups excluding carboxylic acids is 1. The molecule has 1 aliphatic heterocycles. The van der Waals surface area contributed by atoms with Crippen molar-refractivity contribution in [1.82, 2.24) is 15.0 Å². The molecular formula is C13H19BrN4O4S. The van der Waals surface area contributed by atoms with Crippen molar-refractivity contribution >= 4 is 37.7 Å². The number of aromatic nitrogens is 1. The molecule has 1 fully saturated rings. The maximum atomic E-state index is 12.2. The standard InChI is InChI=1S/C13H19BrN4O4S/c14-9-6-11(13(15)17-7-9)23(20,21)18-4-3-12(19)16-8-10-2-1-5-22-10/h6-7,10,18H,1-5,8H2,(H2,15,17)(H,16,19). The maximum Gasteiger partial charge on any atom is 0.244 e. The van der Waals surface area contributed by atoms with Crippen LogP contribution >= 0.6 is 15.9 Å². The molecule has 0 aliphatic carbocycles. The molecule has 0 aromatic carbocycles. The van der Waals surface area contributed by atoms with Crippen LogP contribution in [0.4, 0.5) is 5.82 Å². The molecule has 10 heteroatoms. The van der Waals surface area contributed by atoms with E-state index in [-0.39, 0.29) is 35.7 Å². The van der Waals surface area contributed by atoms with E-state index in [4.69, 9.17) is 10.5 Å². The number of ether oxygens (including phenoxy) is 1. The number of hydrogen-bond donors (Lipinski definition) is 3. The van der Waals surface area contributed by atoms with Gasteiger partial charge in [0.2, 0.25) is 15.9 Å². The number of rotatable bonds is 7. The number of anilines is 1. The van der Waals surface area contributed by atoms with Crippen LogP contribution in [0.3, 0.4) is 0 Å². The maximum absolute atomic E-state index is 12.2. The van der Waals surface area contributed by atoms with Gasteiger partial charge in [-0.1, -0.05) is 0 Å². The second kappa shape index (κ2) is 8.04. The van der Waals surface area contributed by atoms with Crippen LogP contribution in [-0.2, 0) is 19.6 Å². The number of sulfonamides is 1. The molecule has 1 aromatic heterocycles. The summed E-state index contributed by atoms with van der Waals surface area (Å²) < 4.78 is 32.5. The summed E-state index contributed by atoms with van der Waals surface area (Å²) in [6.07, 6.45) is 3.44. The zero-order valence-electron chi connectivity index (χ0n) is 12.4. The third kappa shape index (κ3) is 5.41. The summed E-state index contributed by atoms with van der Waals surface area (Å²) in [6.45, 7) is 1.15. The third-order valence-electron chi connectivity index (χ3n) is 3.33. The van der Waals surface area contributed by atoms with Crippen LogP contribution in [0.5, 0.6) is 0 Å². The monoisotopic (exact) mass is 406 g/mol. The molecule has 1 aromatic rings. The highest BCUT2D eigenvalue weighted by atomic mass is 79.9. The molecule has 0 saturated carbocycles. The minimum atomic E-state index is -3.81. The number of pyridine rings is 1. The second-order valence-corrected chi connectivity index (χ2v) is 7.77. The normalized spacial score (nSPS) is 18.0. The minimum Gasteiger partial charge on any atom is -0.383 e. The molecule has 1 saturated heterocycles. The highest BCUT2D eigenvalue weighted by molar-refractivity contribution is 9.10. The van der Waals surface area contributed by atoms with Crippen LogP contribution in [0.25, 0.3) is 0 Å². The Morgan fingerprint density at radius 3 is 3.00 bits per heavy atom. The largest absolute Gasteiger partial charge is 0.383 e. The van der Waals surface area contributed by atoms with E-state index in [2.05, 4.69) is 31.0 Å². The number of carbonyl (C=O) groups is 1. The molecule has 128 valence electrons. The first-order chi connectivity index (χ1) is 10.9. The summed E-state index contributed by atoms with van der Waals surface area (Å²) in [7, 11) is -3.81. The van der Waals surface area contributed by atoms with E-state index in [1.54, 1.807) is 0 Å². The van der Waals surface area contributed by atoms with Gasteiger partial charge in [-0.2, -0.15) is 0 Å². The van der Waals surface area contributed by atoms with E-state index >= 15 is 0 Å². The first-order valence-electron chi connectivity index (χ1n) is 7.17. The van der Waals surface area contributed by atoms with Crippen molar-refractivity contribution < 1.29 is 17.9 Å². The van der Waals surface area contributed by atoms with Gasteiger partial charge in [-0.15, -0.1) is 0 Å². The van der Waals surface area contributed by atoms with E-state index in [0.717, 1.165) is 19.4 Å². The Bertz CT molecular complexity index is 662. The summed E-state index contributed by atoms with van der Waals surface area (Å²) in [5.41, 5.74) is 5.58. The average Bonchev–Trinajstić information content (AvgIpc) is 3.00. The Hall–Kier alpha value is -1.23. The zero-order chi connectivity index (χ0) is 16.9. The molecule has 0 radical (unpaired) electrons. The van der Waals surface area contributed by atoms with E-state index in [0.29, 0.717) is 11.0 Å². The molecule has 1 atom stereocenters. The Kier molecular flexibility index (Phi) is 6.33. The fourth-order valence-electron chi connectivity index (χ4n) is 2.14. The molecule has 2 rings (SSSR count). The van der Waals surface area contributed by atoms with Crippen LogP contribution in [-0.4, -0.2) is 45.1 Å². The predicted octanol–water partition coefficient (Wildman–Crippen LogP) is 0.390. The number of nitrogen functional groups attached to an aromatic ring is 1. The van der Waals surface area contributed by atoms with Gasteiger partial charge in [0.15, 0.2) is 0 Å². The van der Waals surface area contributed by atoms with Gasteiger partial charge in [0.25, 0.3) is 0 Å². The quantitative estimate of drug-likeness (QED) is 0.601. The van der Waals surface area contributed by atoms with Gasteiger partial charge >= 0.3 is 0 Å². The molecule has 1 aliphatic rings. The number of amides is 1. The van der Waals surface area contributed by atoms with Gasteiger partial charge in [-0.25, -0.2) is 18.1 Å². The lowest BCUT2D eigenvalue weighted by atomic mass is 10.2. The number of nitrogens with two attached hydrogens (primary N) is 1. The molecule has 23 heavy (non-hydrogen) atoms. The molecule has 0 spiro atoms. The number of halogens is 1. The molecule has 1 amide bonds. The van der Waals surface area contributed by atoms with Crippen molar-refractivity contribution in [1.29, 1.82) is 0 Å².